The number of aromatic nitrogens is 3. The maximum atomic E-state index is 4.56. The summed E-state index contributed by atoms with van der Waals surface area (Å²) < 4.78 is 0. The Morgan fingerprint density at radius 1 is 1.28 bits per heavy atom. The van der Waals surface area contributed by atoms with Crippen LogP contribution in [0.5, 0.6) is 0 Å². The van der Waals surface area contributed by atoms with Gasteiger partial charge < -0.3 is 5.32 Å². The SMILES string of the molecule is Cc1nccc(CNC(C)c2nc(C)sc2C)n1. The molecule has 4 nitrogen and oxygen atoms in total. The molecule has 0 aromatic carbocycles. The van der Waals surface area contributed by atoms with Crippen LogP contribution in [0.2, 0.25) is 0 Å². The van der Waals surface area contributed by atoms with E-state index in [1.807, 2.05) is 19.9 Å². The molecule has 0 bridgehead atoms. The van der Waals surface area contributed by atoms with Gasteiger partial charge in [-0.3, -0.25) is 0 Å². The number of hydrogen-bond donors (Lipinski definition) is 1. The van der Waals surface area contributed by atoms with Gasteiger partial charge in [0.2, 0.25) is 0 Å². The van der Waals surface area contributed by atoms with Crippen molar-refractivity contribution in [2.24, 2.45) is 0 Å². The highest BCUT2D eigenvalue weighted by Crippen LogP contribution is 2.22. The number of thiazole rings is 1. The molecule has 1 atom stereocenters. The quantitative estimate of drug-likeness (QED) is 0.920. The summed E-state index contributed by atoms with van der Waals surface area (Å²) in [6.07, 6.45) is 1.79. The minimum absolute atomic E-state index is 0.241. The van der Waals surface area contributed by atoms with Crippen LogP contribution in [0.4, 0.5) is 0 Å². The van der Waals surface area contributed by atoms with E-state index in [2.05, 4.69) is 34.1 Å². The molecule has 0 aliphatic heterocycles. The third kappa shape index (κ3) is 3.11. The van der Waals surface area contributed by atoms with E-state index in [-0.39, 0.29) is 6.04 Å². The highest BCUT2D eigenvalue weighted by Gasteiger charge is 2.12. The fourth-order valence-corrected chi connectivity index (χ4v) is 2.82. The number of aryl methyl sites for hydroxylation is 3. The molecule has 0 spiro atoms. The van der Waals surface area contributed by atoms with E-state index < -0.39 is 0 Å². The zero-order chi connectivity index (χ0) is 13.1. The Labute approximate surface area is 112 Å². The third-order valence-corrected chi connectivity index (χ3v) is 3.67. The van der Waals surface area contributed by atoms with Crippen molar-refractivity contribution in [3.05, 3.63) is 39.4 Å². The van der Waals surface area contributed by atoms with Crippen molar-refractivity contribution in [2.45, 2.75) is 40.3 Å². The summed E-state index contributed by atoms with van der Waals surface area (Å²) in [4.78, 5) is 14.3. The number of nitrogens with zero attached hydrogens (tertiary/aromatic N) is 3. The van der Waals surface area contributed by atoms with E-state index in [1.54, 1.807) is 17.5 Å². The average molecular weight is 262 g/mol. The second-order valence-electron chi connectivity index (χ2n) is 4.37. The fraction of sp³-hybridized carbons (Fsp3) is 0.462. The monoisotopic (exact) mass is 262 g/mol. The molecular weight excluding hydrogens is 244 g/mol. The van der Waals surface area contributed by atoms with Gasteiger partial charge in [0.25, 0.3) is 0 Å². The molecule has 0 saturated heterocycles. The first kappa shape index (κ1) is 13.1. The molecular formula is C13H18N4S. The van der Waals surface area contributed by atoms with E-state index in [9.17, 15) is 0 Å². The average Bonchev–Trinajstić information content (AvgIpc) is 2.66. The van der Waals surface area contributed by atoms with Crippen LogP contribution in [0.15, 0.2) is 12.3 Å². The van der Waals surface area contributed by atoms with E-state index in [1.165, 1.54) is 4.88 Å². The minimum Gasteiger partial charge on any atom is -0.303 e. The Bertz CT molecular complexity index is 536. The predicted octanol–water partition coefficient (Wildman–Crippen LogP) is 2.71. The fourth-order valence-electron chi connectivity index (χ4n) is 1.90. The normalized spacial score (nSPS) is 12.7. The lowest BCUT2D eigenvalue weighted by atomic mass is 10.2. The van der Waals surface area contributed by atoms with Crippen LogP contribution in [0.3, 0.4) is 0 Å². The Hall–Kier alpha value is -1.33. The minimum atomic E-state index is 0.241. The highest BCUT2D eigenvalue weighted by atomic mass is 32.1. The molecule has 2 aromatic heterocycles. The maximum absolute atomic E-state index is 4.56. The standard InChI is InChI=1S/C13H18N4S/c1-8(13-9(2)18-11(4)17-13)15-7-12-5-6-14-10(3)16-12/h5-6,8,15H,7H2,1-4H3. The summed E-state index contributed by atoms with van der Waals surface area (Å²) in [6.45, 7) is 8.94. The molecule has 96 valence electrons. The van der Waals surface area contributed by atoms with Crippen LogP contribution in [0.1, 0.15) is 40.1 Å². The van der Waals surface area contributed by atoms with Crippen molar-refractivity contribution < 1.29 is 0 Å². The first-order chi connectivity index (χ1) is 8.56. The topological polar surface area (TPSA) is 50.7 Å². The van der Waals surface area contributed by atoms with Crippen molar-refractivity contribution in [1.82, 2.24) is 20.3 Å². The number of hydrogen-bond acceptors (Lipinski definition) is 5. The third-order valence-electron chi connectivity index (χ3n) is 2.77. The molecule has 0 aliphatic carbocycles. The van der Waals surface area contributed by atoms with Gasteiger partial charge in [-0.25, -0.2) is 15.0 Å². The molecule has 0 amide bonds. The zero-order valence-corrected chi connectivity index (χ0v) is 12.0. The van der Waals surface area contributed by atoms with E-state index in [0.717, 1.165) is 28.8 Å². The van der Waals surface area contributed by atoms with Crippen LogP contribution in [0.25, 0.3) is 0 Å². The Balaban J connectivity index is 2.00. The lowest BCUT2D eigenvalue weighted by Crippen LogP contribution is -2.20. The molecule has 1 unspecified atom stereocenters. The number of nitrogens with one attached hydrogen (secondary N) is 1. The maximum Gasteiger partial charge on any atom is 0.125 e. The Morgan fingerprint density at radius 3 is 2.67 bits per heavy atom. The van der Waals surface area contributed by atoms with Gasteiger partial charge in [0.05, 0.1) is 16.4 Å². The molecule has 18 heavy (non-hydrogen) atoms. The van der Waals surface area contributed by atoms with E-state index in [0.29, 0.717) is 0 Å². The molecule has 0 saturated carbocycles. The molecule has 2 aromatic rings. The first-order valence-corrected chi connectivity index (χ1v) is 6.83. The van der Waals surface area contributed by atoms with Gasteiger partial charge >= 0.3 is 0 Å². The predicted molar refractivity (Wildman–Crippen MR) is 73.6 cm³/mol. The van der Waals surface area contributed by atoms with Gasteiger partial charge in [-0.1, -0.05) is 0 Å². The van der Waals surface area contributed by atoms with Gasteiger partial charge in [-0.05, 0) is 33.8 Å². The van der Waals surface area contributed by atoms with Gasteiger partial charge in [0.15, 0.2) is 0 Å². The van der Waals surface area contributed by atoms with Gasteiger partial charge in [-0.2, -0.15) is 0 Å². The van der Waals surface area contributed by atoms with E-state index >= 15 is 0 Å². The Morgan fingerprint density at radius 2 is 2.06 bits per heavy atom. The van der Waals surface area contributed by atoms with Crippen LogP contribution < -0.4 is 5.32 Å². The highest BCUT2D eigenvalue weighted by molar-refractivity contribution is 7.11. The summed E-state index contributed by atoms with van der Waals surface area (Å²) >= 11 is 1.74. The van der Waals surface area contributed by atoms with Crippen molar-refractivity contribution >= 4 is 11.3 Å². The smallest absolute Gasteiger partial charge is 0.125 e. The van der Waals surface area contributed by atoms with Crippen molar-refractivity contribution in [1.29, 1.82) is 0 Å². The second kappa shape index (κ2) is 5.54. The summed E-state index contributed by atoms with van der Waals surface area (Å²) in [5.74, 6) is 0.808. The van der Waals surface area contributed by atoms with Crippen LogP contribution in [-0.2, 0) is 6.54 Å². The molecule has 0 fully saturated rings. The van der Waals surface area contributed by atoms with Crippen LogP contribution in [-0.4, -0.2) is 15.0 Å². The molecule has 0 radical (unpaired) electrons. The summed E-state index contributed by atoms with van der Waals surface area (Å²) in [5, 5.41) is 4.57. The first-order valence-electron chi connectivity index (χ1n) is 6.02. The summed E-state index contributed by atoms with van der Waals surface area (Å²) in [5.41, 5.74) is 2.15. The second-order valence-corrected chi connectivity index (χ2v) is 5.78. The van der Waals surface area contributed by atoms with E-state index in [4.69, 9.17) is 0 Å². The van der Waals surface area contributed by atoms with Crippen LogP contribution >= 0.6 is 11.3 Å². The number of rotatable bonds is 4. The summed E-state index contributed by atoms with van der Waals surface area (Å²) in [7, 11) is 0. The van der Waals surface area contributed by atoms with Gasteiger partial charge in [0.1, 0.15) is 5.82 Å². The molecule has 0 aliphatic rings. The molecule has 5 heteroatoms. The lowest BCUT2D eigenvalue weighted by Gasteiger charge is -2.12. The molecule has 1 N–H and O–H groups in total. The molecule has 2 rings (SSSR count). The van der Waals surface area contributed by atoms with Crippen molar-refractivity contribution in [3.63, 3.8) is 0 Å². The van der Waals surface area contributed by atoms with Gasteiger partial charge in [-0.15, -0.1) is 11.3 Å². The lowest BCUT2D eigenvalue weighted by molar-refractivity contribution is 0.553. The van der Waals surface area contributed by atoms with Crippen molar-refractivity contribution in [3.8, 4) is 0 Å². The Kier molecular flexibility index (Phi) is 4.04. The van der Waals surface area contributed by atoms with Crippen molar-refractivity contribution in [2.75, 3.05) is 0 Å². The summed E-state index contributed by atoms with van der Waals surface area (Å²) in [6, 6.07) is 2.18. The zero-order valence-electron chi connectivity index (χ0n) is 11.2. The van der Waals surface area contributed by atoms with Crippen LogP contribution in [0, 0.1) is 20.8 Å². The largest absolute Gasteiger partial charge is 0.303 e. The van der Waals surface area contributed by atoms with Gasteiger partial charge in [0, 0.05) is 23.7 Å². The molecule has 2 heterocycles.